The zero-order valence-electron chi connectivity index (χ0n) is 16.8. The van der Waals surface area contributed by atoms with Crippen LogP contribution in [0.2, 0.25) is 0 Å². The first-order chi connectivity index (χ1) is 14.1. The molecule has 1 atom stereocenters. The van der Waals surface area contributed by atoms with Crippen LogP contribution in [0, 0.1) is 0 Å². The summed E-state index contributed by atoms with van der Waals surface area (Å²) in [6.45, 7) is 1.40. The fourth-order valence-corrected chi connectivity index (χ4v) is 3.49. The van der Waals surface area contributed by atoms with Gasteiger partial charge in [-0.1, -0.05) is 24.3 Å². The molecule has 0 saturated carbocycles. The molecule has 2 aromatic carbocycles. The molecule has 3 rings (SSSR count). The van der Waals surface area contributed by atoms with Crippen molar-refractivity contribution >= 4 is 29.3 Å². The fraction of sp³-hybridized carbons (Fsp3) is 0.273. The van der Waals surface area contributed by atoms with Crippen LogP contribution in [0.3, 0.4) is 0 Å². The second-order valence-electron chi connectivity index (χ2n) is 7.26. The monoisotopic (exact) mass is 417 g/mol. The molecule has 1 N–H and O–H groups in total. The SMILES string of the molecule is CC(=O)N1C=Cc2ccccc2C1CC(=O)Nc1cc(C(F)(F)F)ccc1N(C)C. The van der Waals surface area contributed by atoms with Crippen LogP contribution in [0.5, 0.6) is 0 Å². The van der Waals surface area contributed by atoms with Crippen LogP contribution in [0.1, 0.15) is 36.1 Å². The van der Waals surface area contributed by atoms with Gasteiger partial charge in [-0.3, -0.25) is 9.59 Å². The third-order valence-electron chi connectivity index (χ3n) is 4.93. The summed E-state index contributed by atoms with van der Waals surface area (Å²) in [5.74, 6) is -0.717. The van der Waals surface area contributed by atoms with Gasteiger partial charge in [0.25, 0.3) is 0 Å². The van der Waals surface area contributed by atoms with Gasteiger partial charge in [0.2, 0.25) is 11.8 Å². The number of fused-ring (bicyclic) bond motifs is 1. The van der Waals surface area contributed by atoms with Gasteiger partial charge in [0.1, 0.15) is 0 Å². The van der Waals surface area contributed by atoms with Crippen molar-refractivity contribution in [1.82, 2.24) is 4.90 Å². The molecule has 8 heteroatoms. The summed E-state index contributed by atoms with van der Waals surface area (Å²) in [4.78, 5) is 28.0. The highest BCUT2D eigenvalue weighted by atomic mass is 19.4. The number of nitrogens with zero attached hydrogens (tertiary/aromatic N) is 2. The quantitative estimate of drug-likeness (QED) is 0.786. The Morgan fingerprint density at radius 2 is 1.83 bits per heavy atom. The number of hydrogen-bond acceptors (Lipinski definition) is 3. The van der Waals surface area contributed by atoms with Crippen molar-refractivity contribution in [2.75, 3.05) is 24.3 Å². The van der Waals surface area contributed by atoms with Gasteiger partial charge in [0.05, 0.1) is 29.4 Å². The lowest BCUT2D eigenvalue weighted by molar-refractivity contribution is -0.137. The lowest BCUT2D eigenvalue weighted by Crippen LogP contribution is -2.33. The fourth-order valence-electron chi connectivity index (χ4n) is 3.49. The predicted molar refractivity (Wildman–Crippen MR) is 110 cm³/mol. The van der Waals surface area contributed by atoms with Gasteiger partial charge in [-0.2, -0.15) is 13.2 Å². The van der Waals surface area contributed by atoms with E-state index in [0.717, 1.165) is 23.3 Å². The van der Waals surface area contributed by atoms with Crippen LogP contribution in [0.25, 0.3) is 6.08 Å². The first-order valence-corrected chi connectivity index (χ1v) is 9.32. The summed E-state index contributed by atoms with van der Waals surface area (Å²) in [6, 6.07) is 10.1. The number of benzene rings is 2. The molecule has 5 nitrogen and oxygen atoms in total. The molecule has 0 spiro atoms. The second-order valence-corrected chi connectivity index (χ2v) is 7.26. The molecule has 1 heterocycles. The Bertz CT molecular complexity index is 999. The third kappa shape index (κ3) is 4.48. The number of nitrogens with one attached hydrogen (secondary N) is 1. The minimum atomic E-state index is -4.52. The van der Waals surface area contributed by atoms with Crippen LogP contribution in [-0.4, -0.2) is 30.8 Å². The molecule has 1 aliphatic heterocycles. The molecule has 158 valence electrons. The average molecular weight is 417 g/mol. The summed E-state index contributed by atoms with van der Waals surface area (Å²) >= 11 is 0. The average Bonchev–Trinajstić information content (AvgIpc) is 2.67. The molecule has 0 radical (unpaired) electrons. The molecule has 0 aromatic heterocycles. The Kier molecular flexibility index (Phi) is 5.87. The number of alkyl halides is 3. The summed E-state index contributed by atoms with van der Waals surface area (Å²) in [5, 5.41) is 2.60. The van der Waals surface area contributed by atoms with Crippen LogP contribution in [-0.2, 0) is 15.8 Å². The van der Waals surface area contributed by atoms with Crippen molar-refractivity contribution in [3.05, 3.63) is 65.4 Å². The molecule has 1 unspecified atom stereocenters. The van der Waals surface area contributed by atoms with E-state index in [9.17, 15) is 22.8 Å². The number of amides is 2. The predicted octanol–water partition coefficient (Wildman–Crippen LogP) is 4.67. The van der Waals surface area contributed by atoms with Crippen LogP contribution in [0.4, 0.5) is 24.5 Å². The zero-order chi connectivity index (χ0) is 22.1. The van der Waals surface area contributed by atoms with Gasteiger partial charge < -0.3 is 15.1 Å². The Hall–Kier alpha value is -3.29. The molecular weight excluding hydrogens is 395 g/mol. The van der Waals surface area contributed by atoms with E-state index in [0.29, 0.717) is 5.69 Å². The van der Waals surface area contributed by atoms with Crippen LogP contribution >= 0.6 is 0 Å². The van der Waals surface area contributed by atoms with Gasteiger partial charge in [0, 0.05) is 27.2 Å². The highest BCUT2D eigenvalue weighted by molar-refractivity contribution is 5.95. The molecule has 0 saturated heterocycles. The third-order valence-corrected chi connectivity index (χ3v) is 4.93. The minimum absolute atomic E-state index is 0.0637. The lowest BCUT2D eigenvalue weighted by Gasteiger charge is -2.32. The molecule has 1 aliphatic rings. The summed E-state index contributed by atoms with van der Waals surface area (Å²) < 4.78 is 39.4. The normalized spacial score (nSPS) is 15.5. The Balaban J connectivity index is 1.89. The van der Waals surface area contributed by atoms with Gasteiger partial charge in [0.15, 0.2) is 0 Å². The number of halogens is 3. The number of carbonyl (C=O) groups is 2. The minimum Gasteiger partial charge on any atom is -0.376 e. The van der Waals surface area contributed by atoms with E-state index in [4.69, 9.17) is 0 Å². The van der Waals surface area contributed by atoms with Crippen molar-refractivity contribution in [3.8, 4) is 0 Å². The molecular formula is C22H22F3N3O2. The number of rotatable bonds is 4. The topological polar surface area (TPSA) is 52.7 Å². The molecule has 0 fully saturated rings. The van der Waals surface area contributed by atoms with E-state index in [2.05, 4.69) is 5.32 Å². The van der Waals surface area contributed by atoms with Gasteiger partial charge in [-0.25, -0.2) is 0 Å². The summed E-state index contributed by atoms with van der Waals surface area (Å²) in [5.41, 5.74) is 1.36. The Morgan fingerprint density at radius 3 is 2.47 bits per heavy atom. The highest BCUT2D eigenvalue weighted by Crippen LogP contribution is 2.36. The van der Waals surface area contributed by atoms with Crippen molar-refractivity contribution in [1.29, 1.82) is 0 Å². The van der Waals surface area contributed by atoms with Crippen molar-refractivity contribution in [2.45, 2.75) is 25.6 Å². The largest absolute Gasteiger partial charge is 0.416 e. The number of anilines is 2. The summed E-state index contributed by atoms with van der Waals surface area (Å²) in [7, 11) is 3.36. The van der Waals surface area contributed by atoms with E-state index < -0.39 is 23.7 Å². The standard InChI is InChI=1S/C22H22F3N3O2/c1-14(29)28-11-10-15-6-4-5-7-17(15)20(28)13-21(30)26-18-12-16(22(23,24)25)8-9-19(18)27(2)3/h4-12,20H,13H2,1-3H3,(H,26,30). The van der Waals surface area contributed by atoms with Gasteiger partial charge >= 0.3 is 6.18 Å². The van der Waals surface area contributed by atoms with E-state index in [-0.39, 0.29) is 18.0 Å². The van der Waals surface area contributed by atoms with E-state index in [1.165, 1.54) is 17.9 Å². The molecule has 2 amide bonds. The Labute approximate surface area is 172 Å². The van der Waals surface area contributed by atoms with Crippen molar-refractivity contribution in [3.63, 3.8) is 0 Å². The van der Waals surface area contributed by atoms with Crippen LogP contribution < -0.4 is 10.2 Å². The molecule has 0 aliphatic carbocycles. The van der Waals surface area contributed by atoms with Crippen molar-refractivity contribution < 1.29 is 22.8 Å². The maximum absolute atomic E-state index is 13.1. The smallest absolute Gasteiger partial charge is 0.376 e. The van der Waals surface area contributed by atoms with Crippen molar-refractivity contribution in [2.24, 2.45) is 0 Å². The maximum atomic E-state index is 13.1. The van der Waals surface area contributed by atoms with E-state index >= 15 is 0 Å². The first kappa shape index (κ1) is 21.4. The second kappa shape index (κ2) is 8.22. The highest BCUT2D eigenvalue weighted by Gasteiger charge is 2.32. The van der Waals surface area contributed by atoms with E-state index in [1.807, 2.05) is 24.3 Å². The van der Waals surface area contributed by atoms with Gasteiger partial charge in [-0.15, -0.1) is 0 Å². The first-order valence-electron chi connectivity index (χ1n) is 9.32. The zero-order valence-corrected chi connectivity index (χ0v) is 16.8. The molecule has 2 aromatic rings. The maximum Gasteiger partial charge on any atom is 0.416 e. The lowest BCUT2D eigenvalue weighted by atomic mass is 9.93. The number of hydrogen-bond donors (Lipinski definition) is 1. The number of carbonyl (C=O) groups excluding carboxylic acids is 2. The summed E-state index contributed by atoms with van der Waals surface area (Å²) in [6.07, 6.45) is -1.20. The van der Waals surface area contributed by atoms with Gasteiger partial charge in [-0.05, 0) is 35.4 Å². The Morgan fingerprint density at radius 1 is 1.13 bits per heavy atom. The molecule has 30 heavy (non-hydrogen) atoms. The molecule has 0 bridgehead atoms. The van der Waals surface area contributed by atoms with E-state index in [1.54, 1.807) is 31.3 Å². The van der Waals surface area contributed by atoms with Crippen LogP contribution in [0.15, 0.2) is 48.7 Å².